The largest absolute Gasteiger partial charge is 0.462 e. The number of allylic oxidation sites excluding steroid dienone is 1. The van der Waals surface area contributed by atoms with E-state index in [1.54, 1.807) is 25.1 Å². The van der Waals surface area contributed by atoms with Crippen LogP contribution in [0.15, 0.2) is 40.3 Å². The molecule has 0 atom stereocenters. The average Bonchev–Trinajstić information content (AvgIpc) is 3.19. The number of rotatable bonds is 11. The fraction of sp³-hybridized carbons (Fsp3) is 0.407. The summed E-state index contributed by atoms with van der Waals surface area (Å²) in [5.41, 5.74) is 2.22. The number of amides is 1. The van der Waals surface area contributed by atoms with Crippen molar-refractivity contribution in [1.82, 2.24) is 0 Å². The van der Waals surface area contributed by atoms with E-state index in [4.69, 9.17) is 13.9 Å². The normalized spacial score (nSPS) is 12.9. The number of benzene rings is 1. The van der Waals surface area contributed by atoms with Crippen molar-refractivity contribution in [2.75, 3.05) is 30.4 Å². The molecule has 0 unspecified atom stereocenters. The number of nitrogens with one attached hydrogen (secondary N) is 2. The second-order valence-corrected chi connectivity index (χ2v) is 8.47. The van der Waals surface area contributed by atoms with Crippen molar-refractivity contribution >= 4 is 35.2 Å². The molecule has 2 aromatic rings. The maximum absolute atomic E-state index is 12.7. The summed E-state index contributed by atoms with van der Waals surface area (Å²) in [4.78, 5) is 49.6. The monoisotopic (exact) mass is 496 g/mol. The molecule has 192 valence electrons. The number of Topliss-reactive ketones (excluding diaryl/α,β-unsaturated/α-hetero) is 1. The van der Waals surface area contributed by atoms with Crippen LogP contribution in [0.25, 0.3) is 0 Å². The van der Waals surface area contributed by atoms with Crippen molar-refractivity contribution in [2.45, 2.75) is 52.9 Å². The Bertz CT molecular complexity index is 1160. The first-order valence-electron chi connectivity index (χ1n) is 12.1. The van der Waals surface area contributed by atoms with Gasteiger partial charge in [0.15, 0.2) is 12.4 Å². The molecule has 1 amide bonds. The van der Waals surface area contributed by atoms with Crippen LogP contribution in [0.5, 0.6) is 0 Å². The van der Waals surface area contributed by atoms with Gasteiger partial charge in [0.05, 0.1) is 17.7 Å². The van der Waals surface area contributed by atoms with Crippen LogP contribution in [0.2, 0.25) is 0 Å². The first-order chi connectivity index (χ1) is 17.3. The molecule has 9 heteroatoms. The van der Waals surface area contributed by atoms with Crippen LogP contribution in [-0.2, 0) is 14.3 Å². The molecular weight excluding hydrogens is 464 g/mol. The third-order valence-electron chi connectivity index (χ3n) is 5.80. The zero-order valence-electron chi connectivity index (χ0n) is 20.9. The van der Waals surface area contributed by atoms with Crippen LogP contribution < -0.4 is 10.6 Å². The van der Waals surface area contributed by atoms with Gasteiger partial charge in [-0.1, -0.05) is 23.8 Å². The molecule has 1 aliphatic rings. The van der Waals surface area contributed by atoms with Gasteiger partial charge in [-0.25, -0.2) is 9.59 Å². The molecule has 1 aliphatic carbocycles. The van der Waals surface area contributed by atoms with Crippen molar-refractivity contribution in [3.8, 4) is 0 Å². The highest BCUT2D eigenvalue weighted by atomic mass is 16.5. The van der Waals surface area contributed by atoms with Crippen molar-refractivity contribution in [2.24, 2.45) is 0 Å². The minimum absolute atomic E-state index is 0.0322. The number of furan rings is 1. The lowest BCUT2D eigenvalue weighted by Crippen LogP contribution is -2.22. The molecule has 2 N–H and O–H groups in total. The van der Waals surface area contributed by atoms with Gasteiger partial charge in [0, 0.05) is 12.2 Å². The molecule has 1 aromatic carbocycles. The van der Waals surface area contributed by atoms with Gasteiger partial charge in [-0.05, 0) is 65.0 Å². The van der Waals surface area contributed by atoms with E-state index >= 15 is 0 Å². The quantitative estimate of drug-likeness (QED) is 0.251. The number of anilines is 2. The van der Waals surface area contributed by atoms with E-state index in [1.807, 2.05) is 6.07 Å². The Kier molecular flexibility index (Phi) is 9.44. The van der Waals surface area contributed by atoms with Crippen molar-refractivity contribution in [3.05, 3.63) is 58.4 Å². The summed E-state index contributed by atoms with van der Waals surface area (Å²) in [6.07, 6.45) is 7.87. The minimum atomic E-state index is -0.796. The number of aryl methyl sites for hydroxylation is 1. The number of ether oxygens (including phenoxy) is 2. The summed E-state index contributed by atoms with van der Waals surface area (Å²) in [7, 11) is 0. The summed E-state index contributed by atoms with van der Waals surface area (Å²) >= 11 is 0. The van der Waals surface area contributed by atoms with Crippen LogP contribution in [-0.4, -0.2) is 43.4 Å². The van der Waals surface area contributed by atoms with Crippen LogP contribution in [0.3, 0.4) is 0 Å². The number of carbonyl (C=O) groups is 4. The number of hydrogen-bond donors (Lipinski definition) is 2. The fourth-order valence-electron chi connectivity index (χ4n) is 4.13. The predicted octanol–water partition coefficient (Wildman–Crippen LogP) is 5.07. The molecule has 0 fully saturated rings. The van der Waals surface area contributed by atoms with Gasteiger partial charge in [-0.15, -0.1) is 0 Å². The lowest BCUT2D eigenvalue weighted by atomic mass is 9.97. The first kappa shape index (κ1) is 26.7. The molecular formula is C27H32N2O7. The predicted molar refractivity (Wildman–Crippen MR) is 134 cm³/mol. The van der Waals surface area contributed by atoms with Gasteiger partial charge < -0.3 is 19.2 Å². The number of carbonyl (C=O) groups excluding carboxylic acids is 4. The summed E-state index contributed by atoms with van der Waals surface area (Å²) in [6.45, 7) is 4.56. The van der Waals surface area contributed by atoms with Gasteiger partial charge in [-0.2, -0.15) is 0 Å². The van der Waals surface area contributed by atoms with Gasteiger partial charge in [0.1, 0.15) is 11.3 Å². The van der Waals surface area contributed by atoms with E-state index in [-0.39, 0.29) is 29.4 Å². The van der Waals surface area contributed by atoms with Crippen molar-refractivity contribution in [1.29, 1.82) is 0 Å². The van der Waals surface area contributed by atoms with E-state index in [2.05, 4.69) is 16.7 Å². The Morgan fingerprint density at radius 3 is 2.50 bits per heavy atom. The van der Waals surface area contributed by atoms with Crippen LogP contribution in [0.4, 0.5) is 11.6 Å². The van der Waals surface area contributed by atoms with Gasteiger partial charge in [0.25, 0.3) is 5.91 Å². The highest BCUT2D eigenvalue weighted by molar-refractivity contribution is 6.11. The standard InChI is InChI=1S/C27H32N2O7/c1-4-34-27(33)24-23(17(2)30)18(3)36-25(24)29-22(31)16-35-26(32)20-12-8-9-13-21(20)28-15-14-19-10-6-5-7-11-19/h8-10,12-13,28H,4-7,11,14-16H2,1-3H3,(H,29,31). The summed E-state index contributed by atoms with van der Waals surface area (Å²) in [5.74, 6) is -2.66. The van der Waals surface area contributed by atoms with Crippen molar-refractivity contribution < 1.29 is 33.1 Å². The van der Waals surface area contributed by atoms with E-state index < -0.39 is 30.2 Å². The molecule has 0 aliphatic heterocycles. The highest BCUT2D eigenvalue weighted by Gasteiger charge is 2.29. The van der Waals surface area contributed by atoms with E-state index in [0.29, 0.717) is 17.8 Å². The molecule has 1 heterocycles. The number of para-hydroxylation sites is 1. The number of esters is 2. The second-order valence-electron chi connectivity index (χ2n) is 8.47. The Labute approximate surface area is 210 Å². The summed E-state index contributed by atoms with van der Waals surface area (Å²) in [5, 5.41) is 5.68. The lowest BCUT2D eigenvalue weighted by molar-refractivity contribution is -0.119. The molecule has 0 saturated heterocycles. The zero-order chi connectivity index (χ0) is 26.1. The maximum Gasteiger partial charge on any atom is 0.344 e. The maximum atomic E-state index is 12.7. The third kappa shape index (κ3) is 6.84. The van der Waals surface area contributed by atoms with Gasteiger partial charge >= 0.3 is 11.9 Å². The Morgan fingerprint density at radius 2 is 1.81 bits per heavy atom. The third-order valence-corrected chi connectivity index (χ3v) is 5.80. The Hall–Kier alpha value is -3.88. The van der Waals surface area contributed by atoms with E-state index in [1.165, 1.54) is 32.3 Å². The minimum Gasteiger partial charge on any atom is -0.462 e. The summed E-state index contributed by atoms with van der Waals surface area (Å²) < 4.78 is 15.6. The number of hydrogen-bond acceptors (Lipinski definition) is 8. The molecule has 9 nitrogen and oxygen atoms in total. The Morgan fingerprint density at radius 1 is 1.03 bits per heavy atom. The molecule has 0 spiro atoms. The smallest absolute Gasteiger partial charge is 0.344 e. The molecule has 3 rings (SSSR count). The fourth-order valence-corrected chi connectivity index (χ4v) is 4.13. The topological polar surface area (TPSA) is 124 Å². The molecule has 0 radical (unpaired) electrons. The van der Waals surface area contributed by atoms with Crippen molar-refractivity contribution in [3.63, 3.8) is 0 Å². The van der Waals surface area contributed by atoms with Gasteiger partial charge in [-0.3, -0.25) is 14.9 Å². The van der Waals surface area contributed by atoms with E-state index in [9.17, 15) is 19.2 Å². The molecule has 0 saturated carbocycles. The lowest BCUT2D eigenvalue weighted by Gasteiger charge is -2.15. The highest BCUT2D eigenvalue weighted by Crippen LogP contribution is 2.28. The van der Waals surface area contributed by atoms with E-state index in [0.717, 1.165) is 19.3 Å². The van der Waals surface area contributed by atoms with Gasteiger partial charge in [0.2, 0.25) is 5.88 Å². The van der Waals surface area contributed by atoms with Crippen LogP contribution >= 0.6 is 0 Å². The zero-order valence-corrected chi connectivity index (χ0v) is 20.9. The first-order valence-corrected chi connectivity index (χ1v) is 12.1. The molecule has 0 bridgehead atoms. The second kappa shape index (κ2) is 12.7. The SMILES string of the molecule is CCOC(=O)c1c(NC(=O)COC(=O)c2ccccc2NCCC2=CCCCC2)oc(C)c1C(C)=O. The molecule has 1 aromatic heterocycles. The number of ketones is 1. The van der Waals surface area contributed by atoms with Crippen LogP contribution in [0, 0.1) is 6.92 Å². The van der Waals surface area contributed by atoms with Crippen LogP contribution in [0.1, 0.15) is 82.8 Å². The average molecular weight is 497 g/mol. The molecule has 36 heavy (non-hydrogen) atoms. The summed E-state index contributed by atoms with van der Waals surface area (Å²) in [6, 6.07) is 6.93. The Balaban J connectivity index is 1.61.